The van der Waals surface area contributed by atoms with Crippen LogP contribution in [0.4, 0.5) is 10.1 Å². The highest BCUT2D eigenvalue weighted by Crippen LogP contribution is 2.45. The maximum absolute atomic E-state index is 15.1. The maximum atomic E-state index is 15.1. The van der Waals surface area contributed by atoms with Crippen molar-refractivity contribution >= 4 is 22.0 Å². The van der Waals surface area contributed by atoms with Crippen LogP contribution in [0.1, 0.15) is 55.7 Å². The van der Waals surface area contributed by atoms with Crippen LogP contribution in [0.5, 0.6) is 0 Å². The molecule has 1 heterocycles. The molecule has 0 radical (unpaired) electrons. The van der Waals surface area contributed by atoms with Crippen LogP contribution in [-0.2, 0) is 20.4 Å². The number of carbonyl (C=O) groups is 1. The molecule has 1 aromatic carbocycles. The number of halogens is 1. The summed E-state index contributed by atoms with van der Waals surface area (Å²) in [7, 11) is 0.311. The van der Waals surface area contributed by atoms with Crippen molar-refractivity contribution in [3.05, 3.63) is 47.8 Å². The van der Waals surface area contributed by atoms with Crippen LogP contribution in [-0.4, -0.2) is 61.0 Å². The number of hydrogen-bond donors (Lipinski definition) is 2. The van der Waals surface area contributed by atoms with Gasteiger partial charge in [-0.1, -0.05) is 12.8 Å². The van der Waals surface area contributed by atoms with Crippen LogP contribution >= 0.6 is 0 Å². The van der Waals surface area contributed by atoms with Crippen molar-refractivity contribution in [2.45, 2.75) is 67.2 Å². The summed E-state index contributed by atoms with van der Waals surface area (Å²) in [6.45, 7) is -0.250. The van der Waals surface area contributed by atoms with Gasteiger partial charge in [0.05, 0.1) is 11.4 Å². The number of likely N-dealkylation sites (N-methyl/N-ethyl adjacent to an activating group) is 1. The van der Waals surface area contributed by atoms with Crippen molar-refractivity contribution in [1.29, 1.82) is 0 Å². The van der Waals surface area contributed by atoms with E-state index in [0.29, 0.717) is 17.7 Å². The summed E-state index contributed by atoms with van der Waals surface area (Å²) in [6.07, 6.45) is 9.29. The number of carboxylic acid groups (broad SMARTS) is 1. The molecule has 33 heavy (non-hydrogen) atoms. The first kappa shape index (κ1) is 25.0. The van der Waals surface area contributed by atoms with Gasteiger partial charge in [0.15, 0.2) is 9.84 Å². The first-order valence-electron chi connectivity index (χ1n) is 11.1. The lowest BCUT2D eigenvalue weighted by Crippen LogP contribution is -2.45. The zero-order chi connectivity index (χ0) is 24.0. The number of benzene rings is 1. The third kappa shape index (κ3) is 6.48. The fourth-order valence-electron chi connectivity index (χ4n) is 4.44. The average molecular weight is 479 g/mol. The van der Waals surface area contributed by atoms with E-state index >= 15 is 4.39 Å². The molecule has 1 aromatic heterocycles. The Hall–Kier alpha value is -2.59. The van der Waals surface area contributed by atoms with Gasteiger partial charge < -0.3 is 15.3 Å². The molecular formula is C23H31FN4O4S. The third-order valence-corrected chi connectivity index (χ3v) is 7.83. The Morgan fingerprint density at radius 2 is 1.91 bits per heavy atom. The monoisotopic (exact) mass is 478 g/mol. The molecule has 0 aliphatic heterocycles. The van der Waals surface area contributed by atoms with E-state index in [0.717, 1.165) is 43.4 Å². The molecule has 4 rings (SSSR count). The Kier molecular flexibility index (Phi) is 8.36. The highest BCUT2D eigenvalue weighted by molar-refractivity contribution is 7.90. The topological polar surface area (TPSA) is 112 Å². The van der Waals surface area contributed by atoms with Gasteiger partial charge in [-0.2, -0.15) is 0 Å². The zero-order valence-electron chi connectivity index (χ0n) is 18.9. The van der Waals surface area contributed by atoms with Crippen LogP contribution in [0.3, 0.4) is 0 Å². The van der Waals surface area contributed by atoms with Gasteiger partial charge in [-0.3, -0.25) is 4.79 Å². The highest BCUT2D eigenvalue weighted by atomic mass is 32.2. The fourth-order valence-corrected chi connectivity index (χ4v) is 5.82. The number of sulfone groups is 1. The normalized spacial score (nSPS) is 20.6. The second-order valence-electron chi connectivity index (χ2n) is 8.78. The standard InChI is InChI=1S/C22H29FN4O2S.CH2O2/c1-27(2)21-6-4-3-5-19(21)26-20-12-18(23)22(11-17(20)15-7-8-15)30(28,29)13-16-9-10-24-14-25-16;2-1-3/h9-12,14-15,19,21,26H,3-8,13H2,1-2H3;1H,(H,2,3)/t19-,21-;/m0./s1. The predicted molar refractivity (Wildman–Crippen MR) is 123 cm³/mol. The molecule has 0 amide bonds. The number of nitrogens with one attached hydrogen (secondary N) is 1. The first-order valence-corrected chi connectivity index (χ1v) is 12.7. The van der Waals surface area contributed by atoms with Crippen molar-refractivity contribution in [3.8, 4) is 0 Å². The Bertz CT molecular complexity index is 1050. The van der Waals surface area contributed by atoms with E-state index in [1.54, 1.807) is 6.07 Å². The molecule has 2 aromatic rings. The van der Waals surface area contributed by atoms with Crippen LogP contribution in [0.25, 0.3) is 0 Å². The molecule has 2 aliphatic carbocycles. The van der Waals surface area contributed by atoms with E-state index in [4.69, 9.17) is 9.90 Å². The minimum absolute atomic E-state index is 0.231. The van der Waals surface area contributed by atoms with E-state index < -0.39 is 15.7 Å². The number of nitrogens with zero attached hydrogens (tertiary/aromatic N) is 3. The number of aromatic nitrogens is 2. The number of anilines is 1. The smallest absolute Gasteiger partial charge is 0.290 e. The average Bonchev–Trinajstić information content (AvgIpc) is 3.60. The molecule has 10 heteroatoms. The van der Waals surface area contributed by atoms with Gasteiger partial charge in [0.1, 0.15) is 17.0 Å². The van der Waals surface area contributed by atoms with E-state index in [9.17, 15) is 8.42 Å². The second kappa shape index (κ2) is 11.0. The minimum atomic E-state index is -3.85. The van der Waals surface area contributed by atoms with Crippen molar-refractivity contribution in [2.75, 3.05) is 19.4 Å². The Morgan fingerprint density at radius 1 is 1.21 bits per heavy atom. The van der Waals surface area contributed by atoms with Gasteiger partial charge in [-0.15, -0.1) is 0 Å². The lowest BCUT2D eigenvalue weighted by Gasteiger charge is -2.37. The van der Waals surface area contributed by atoms with Gasteiger partial charge in [0.25, 0.3) is 6.47 Å². The molecule has 8 nitrogen and oxygen atoms in total. The summed E-state index contributed by atoms with van der Waals surface area (Å²) < 4.78 is 40.9. The van der Waals surface area contributed by atoms with Crippen molar-refractivity contribution in [1.82, 2.24) is 14.9 Å². The molecule has 2 atom stereocenters. The van der Waals surface area contributed by atoms with Crippen LogP contribution in [0, 0.1) is 5.82 Å². The van der Waals surface area contributed by atoms with Gasteiger partial charge >= 0.3 is 0 Å². The SMILES string of the molecule is CN(C)[C@H]1CCCC[C@@H]1Nc1cc(F)c(S(=O)(=O)Cc2ccncn2)cc1C1CC1.O=CO. The van der Waals surface area contributed by atoms with E-state index in [2.05, 4.69) is 34.3 Å². The molecule has 0 unspecified atom stereocenters. The Morgan fingerprint density at radius 3 is 2.52 bits per heavy atom. The van der Waals surface area contributed by atoms with Crippen molar-refractivity contribution in [3.63, 3.8) is 0 Å². The summed E-state index contributed by atoms with van der Waals surface area (Å²) in [5, 5.41) is 10.5. The van der Waals surface area contributed by atoms with Gasteiger partial charge in [0, 0.05) is 24.0 Å². The molecule has 0 bridgehead atoms. The van der Waals surface area contributed by atoms with E-state index in [1.165, 1.54) is 31.1 Å². The predicted octanol–water partition coefficient (Wildman–Crippen LogP) is 3.45. The molecule has 0 saturated heterocycles. The molecule has 180 valence electrons. The summed E-state index contributed by atoms with van der Waals surface area (Å²) in [5.41, 5.74) is 2.02. The molecule has 0 spiro atoms. The minimum Gasteiger partial charge on any atom is -0.483 e. The highest BCUT2D eigenvalue weighted by Gasteiger charge is 2.33. The quantitative estimate of drug-likeness (QED) is 0.582. The zero-order valence-corrected chi connectivity index (χ0v) is 19.8. The molecule has 2 N–H and O–H groups in total. The Balaban J connectivity index is 0.000000968. The summed E-state index contributed by atoms with van der Waals surface area (Å²) in [4.78, 5) is 18.1. The second-order valence-corrected chi connectivity index (χ2v) is 10.7. The summed E-state index contributed by atoms with van der Waals surface area (Å²) in [5.74, 6) is -0.745. The first-order chi connectivity index (χ1) is 15.8. The van der Waals surface area contributed by atoms with Gasteiger partial charge in [-0.25, -0.2) is 22.8 Å². The lowest BCUT2D eigenvalue weighted by molar-refractivity contribution is -0.122. The van der Waals surface area contributed by atoms with Crippen molar-refractivity contribution < 1.29 is 22.7 Å². The van der Waals surface area contributed by atoms with E-state index in [1.807, 2.05) is 0 Å². The van der Waals surface area contributed by atoms with Crippen LogP contribution in [0.2, 0.25) is 0 Å². The molecule has 2 fully saturated rings. The third-order valence-electron chi connectivity index (χ3n) is 6.17. The molecule has 2 saturated carbocycles. The summed E-state index contributed by atoms with van der Waals surface area (Å²) >= 11 is 0. The summed E-state index contributed by atoms with van der Waals surface area (Å²) in [6, 6.07) is 5.10. The Labute approximate surface area is 194 Å². The van der Waals surface area contributed by atoms with Crippen LogP contribution < -0.4 is 5.32 Å². The van der Waals surface area contributed by atoms with Gasteiger partial charge in [0.2, 0.25) is 0 Å². The van der Waals surface area contributed by atoms with E-state index in [-0.39, 0.29) is 23.2 Å². The fraction of sp³-hybridized carbons (Fsp3) is 0.522. The lowest BCUT2D eigenvalue weighted by atomic mass is 9.89. The van der Waals surface area contributed by atoms with Crippen LogP contribution in [0.15, 0.2) is 35.6 Å². The number of rotatable bonds is 7. The molecule has 2 aliphatic rings. The van der Waals surface area contributed by atoms with Gasteiger partial charge in [-0.05, 0) is 69.5 Å². The maximum Gasteiger partial charge on any atom is 0.290 e. The number of hydrogen-bond acceptors (Lipinski definition) is 7. The van der Waals surface area contributed by atoms with Crippen molar-refractivity contribution in [2.24, 2.45) is 0 Å². The largest absolute Gasteiger partial charge is 0.483 e. The molecular weight excluding hydrogens is 447 g/mol.